The predicted octanol–water partition coefficient (Wildman–Crippen LogP) is 4.65. The fourth-order valence-electron chi connectivity index (χ4n) is 4.20. The average molecular weight is 405 g/mol. The number of hydrogen-bond donors (Lipinski definition) is 1. The number of methoxy groups -OCH3 is 1. The van der Waals surface area contributed by atoms with E-state index in [0.717, 1.165) is 5.56 Å². The molecule has 148 valence electrons. The molecule has 0 radical (unpaired) electrons. The number of nitrogens with one attached hydrogen (secondary N) is 1. The van der Waals surface area contributed by atoms with E-state index in [-0.39, 0.29) is 29.7 Å². The molecule has 2 aliphatic rings. The summed E-state index contributed by atoms with van der Waals surface area (Å²) in [7, 11) is 1.64. The molecule has 2 heterocycles. The van der Waals surface area contributed by atoms with E-state index in [2.05, 4.69) is 5.32 Å². The number of nitrogens with zero attached hydrogens (tertiary/aromatic N) is 1. The maximum atomic E-state index is 13.9. The van der Waals surface area contributed by atoms with Gasteiger partial charge in [0.05, 0.1) is 19.3 Å². The van der Waals surface area contributed by atoms with Gasteiger partial charge in [0.1, 0.15) is 11.6 Å². The Morgan fingerprint density at radius 3 is 2.93 bits per heavy atom. The van der Waals surface area contributed by atoms with Crippen molar-refractivity contribution in [2.24, 2.45) is 11.8 Å². The average Bonchev–Trinajstić information content (AvgIpc) is 3.04. The summed E-state index contributed by atoms with van der Waals surface area (Å²) < 4.78 is 25.2. The van der Waals surface area contributed by atoms with Gasteiger partial charge in [-0.05, 0) is 48.9 Å². The molecule has 0 saturated carbocycles. The van der Waals surface area contributed by atoms with Gasteiger partial charge >= 0.3 is 6.03 Å². The molecule has 0 aliphatic carbocycles. The van der Waals surface area contributed by atoms with Crippen molar-refractivity contribution >= 4 is 23.3 Å². The van der Waals surface area contributed by atoms with Crippen LogP contribution in [0.4, 0.5) is 14.9 Å². The highest BCUT2D eigenvalue weighted by Gasteiger charge is 2.48. The summed E-state index contributed by atoms with van der Waals surface area (Å²) in [6.45, 7) is 3.39. The van der Waals surface area contributed by atoms with Gasteiger partial charge in [0, 0.05) is 41.8 Å². The van der Waals surface area contributed by atoms with Gasteiger partial charge in [0.2, 0.25) is 0 Å². The van der Waals surface area contributed by atoms with E-state index in [0.29, 0.717) is 41.8 Å². The normalized spacial score (nSPS) is 23.0. The largest absolute Gasteiger partial charge is 0.493 e. The zero-order valence-electron chi connectivity index (χ0n) is 15.7. The molecule has 1 fully saturated rings. The number of fused-ring (bicyclic) bond motifs is 3. The summed E-state index contributed by atoms with van der Waals surface area (Å²) in [4.78, 5) is 14.9. The number of urea groups is 1. The number of anilines is 1. The van der Waals surface area contributed by atoms with Crippen molar-refractivity contribution in [3.8, 4) is 5.75 Å². The van der Waals surface area contributed by atoms with Gasteiger partial charge in [-0.25, -0.2) is 9.18 Å². The third kappa shape index (κ3) is 3.42. The Bertz CT molecular complexity index is 907. The molecule has 28 heavy (non-hydrogen) atoms. The Morgan fingerprint density at radius 1 is 1.36 bits per heavy atom. The number of amides is 2. The van der Waals surface area contributed by atoms with Crippen LogP contribution < -0.4 is 10.1 Å². The SMILES string of the molecule is COC[C@@H]1CN(C(=O)Nc2ccc(Cl)c(C)c2)[C@H]2c3cc(F)ccc3OC[C@@H]12. The molecule has 2 amide bonds. The lowest BCUT2D eigenvalue weighted by Gasteiger charge is -2.34. The molecule has 2 aromatic rings. The molecule has 0 spiro atoms. The monoisotopic (exact) mass is 404 g/mol. The van der Waals surface area contributed by atoms with Gasteiger partial charge in [-0.1, -0.05) is 11.6 Å². The lowest BCUT2D eigenvalue weighted by Crippen LogP contribution is -2.38. The minimum atomic E-state index is -0.341. The number of halogens is 2. The maximum absolute atomic E-state index is 13.9. The van der Waals surface area contributed by atoms with Crippen LogP contribution in [-0.2, 0) is 4.74 Å². The van der Waals surface area contributed by atoms with E-state index < -0.39 is 0 Å². The third-order valence-electron chi connectivity index (χ3n) is 5.55. The van der Waals surface area contributed by atoms with Gasteiger partial charge in [0.15, 0.2) is 0 Å². The zero-order chi connectivity index (χ0) is 19.8. The van der Waals surface area contributed by atoms with Crippen molar-refractivity contribution in [2.75, 3.05) is 32.2 Å². The van der Waals surface area contributed by atoms with E-state index in [1.165, 1.54) is 12.1 Å². The molecule has 0 unspecified atom stereocenters. The number of hydrogen-bond acceptors (Lipinski definition) is 3. The van der Waals surface area contributed by atoms with E-state index in [1.807, 2.05) is 13.0 Å². The minimum absolute atomic E-state index is 0.0481. The molecule has 5 nitrogen and oxygen atoms in total. The van der Waals surface area contributed by atoms with Crippen molar-refractivity contribution in [3.05, 3.63) is 58.4 Å². The highest BCUT2D eigenvalue weighted by atomic mass is 35.5. The Labute approximate surface area is 168 Å². The summed E-state index contributed by atoms with van der Waals surface area (Å²) in [5.74, 6) is 0.448. The zero-order valence-corrected chi connectivity index (χ0v) is 16.5. The first kappa shape index (κ1) is 19.0. The molecule has 1 saturated heterocycles. The van der Waals surface area contributed by atoms with Crippen LogP contribution in [-0.4, -0.2) is 37.8 Å². The van der Waals surface area contributed by atoms with Gasteiger partial charge in [0.25, 0.3) is 0 Å². The predicted molar refractivity (Wildman–Crippen MR) is 105 cm³/mol. The molecule has 4 rings (SSSR count). The summed E-state index contributed by atoms with van der Waals surface area (Å²) in [6.07, 6.45) is 0. The molecular formula is C21H22ClFN2O3. The molecule has 2 aliphatic heterocycles. The molecule has 0 aromatic heterocycles. The van der Waals surface area contributed by atoms with Gasteiger partial charge in [-0.2, -0.15) is 0 Å². The lowest BCUT2D eigenvalue weighted by molar-refractivity contribution is 0.100. The number of likely N-dealkylation sites (tertiary alicyclic amines) is 1. The van der Waals surface area contributed by atoms with Crippen molar-refractivity contribution in [1.82, 2.24) is 4.90 Å². The molecule has 3 atom stereocenters. The molecule has 2 aromatic carbocycles. The Balaban J connectivity index is 1.65. The van der Waals surface area contributed by atoms with Crippen LogP contribution in [0.5, 0.6) is 5.75 Å². The van der Waals surface area contributed by atoms with Crippen LogP contribution >= 0.6 is 11.6 Å². The maximum Gasteiger partial charge on any atom is 0.322 e. The van der Waals surface area contributed by atoms with E-state index >= 15 is 0 Å². The van der Waals surface area contributed by atoms with Crippen molar-refractivity contribution < 1.29 is 18.7 Å². The second-order valence-corrected chi connectivity index (χ2v) is 7.77. The number of aryl methyl sites for hydroxylation is 1. The summed E-state index contributed by atoms with van der Waals surface area (Å²) in [5, 5.41) is 3.59. The number of rotatable bonds is 3. The van der Waals surface area contributed by atoms with Gasteiger partial charge < -0.3 is 19.7 Å². The van der Waals surface area contributed by atoms with E-state index in [9.17, 15) is 9.18 Å². The smallest absolute Gasteiger partial charge is 0.322 e. The number of carbonyl (C=O) groups excluding carboxylic acids is 1. The molecule has 7 heteroatoms. The van der Waals surface area contributed by atoms with Crippen molar-refractivity contribution in [3.63, 3.8) is 0 Å². The number of carbonyl (C=O) groups is 1. The van der Waals surface area contributed by atoms with Crippen molar-refractivity contribution in [2.45, 2.75) is 13.0 Å². The molecule has 1 N–H and O–H groups in total. The summed E-state index contributed by atoms with van der Waals surface area (Å²) in [6, 6.07) is 9.34. The third-order valence-corrected chi connectivity index (χ3v) is 5.97. The van der Waals surface area contributed by atoms with Crippen LogP contribution in [0.25, 0.3) is 0 Å². The highest BCUT2D eigenvalue weighted by molar-refractivity contribution is 6.31. The van der Waals surface area contributed by atoms with E-state index in [4.69, 9.17) is 21.1 Å². The first-order valence-electron chi connectivity index (χ1n) is 9.23. The molecule has 0 bridgehead atoms. The summed E-state index contributed by atoms with van der Waals surface area (Å²) in [5.41, 5.74) is 2.26. The van der Waals surface area contributed by atoms with Gasteiger partial charge in [-0.15, -0.1) is 0 Å². The Morgan fingerprint density at radius 2 is 2.18 bits per heavy atom. The summed E-state index contributed by atoms with van der Waals surface area (Å²) >= 11 is 6.07. The second kappa shape index (κ2) is 7.60. The van der Waals surface area contributed by atoms with Crippen LogP contribution in [0.1, 0.15) is 17.2 Å². The fraction of sp³-hybridized carbons (Fsp3) is 0.381. The first-order valence-corrected chi connectivity index (χ1v) is 9.60. The minimum Gasteiger partial charge on any atom is -0.493 e. The second-order valence-electron chi connectivity index (χ2n) is 7.36. The van der Waals surface area contributed by atoms with Crippen LogP contribution in [0.15, 0.2) is 36.4 Å². The first-order chi connectivity index (χ1) is 13.5. The highest BCUT2D eigenvalue weighted by Crippen LogP contribution is 2.47. The quantitative estimate of drug-likeness (QED) is 0.810. The fourth-order valence-corrected chi connectivity index (χ4v) is 4.32. The Kier molecular flexibility index (Phi) is 5.17. The standard InChI is InChI=1S/C21H22ClFN2O3/c1-12-7-15(4-5-18(12)22)24-21(26)25-9-13(10-27-2)17-11-28-19-6-3-14(23)8-16(19)20(17)25/h3-8,13,17,20H,9-11H2,1-2H3,(H,24,26)/t13-,17-,20-/m0/s1. The van der Waals surface area contributed by atoms with Crippen LogP contribution in [0.3, 0.4) is 0 Å². The lowest BCUT2D eigenvalue weighted by atomic mass is 9.85. The van der Waals surface area contributed by atoms with Crippen LogP contribution in [0, 0.1) is 24.6 Å². The Hall–Kier alpha value is -2.31. The number of ether oxygens (including phenoxy) is 2. The molecular weight excluding hydrogens is 383 g/mol. The van der Waals surface area contributed by atoms with Crippen molar-refractivity contribution in [1.29, 1.82) is 0 Å². The number of benzene rings is 2. The van der Waals surface area contributed by atoms with Gasteiger partial charge in [-0.3, -0.25) is 0 Å². The van der Waals surface area contributed by atoms with Crippen LogP contribution in [0.2, 0.25) is 5.02 Å². The topological polar surface area (TPSA) is 50.8 Å². The van der Waals surface area contributed by atoms with E-state index in [1.54, 1.807) is 30.2 Å².